The molecule has 2 aromatic rings. The molecule has 5 rings (SSSR count). The summed E-state index contributed by atoms with van der Waals surface area (Å²) in [5.74, 6) is -0.285. The summed E-state index contributed by atoms with van der Waals surface area (Å²) >= 11 is 4.92. The Labute approximate surface area is 251 Å². The third kappa shape index (κ3) is 6.65. The Morgan fingerprint density at radius 3 is 2.59 bits per heavy atom. The van der Waals surface area contributed by atoms with Gasteiger partial charge in [0.15, 0.2) is 10.8 Å². The lowest BCUT2D eigenvalue weighted by Crippen LogP contribution is -2.62. The van der Waals surface area contributed by atoms with Gasteiger partial charge in [-0.05, 0) is 71.3 Å². The Balaban J connectivity index is 1.37. The number of likely N-dealkylation sites (tertiary alicyclic amines) is 2. The number of aromatic nitrogens is 1. The monoisotopic (exact) mass is 647 g/mol. The van der Waals surface area contributed by atoms with Gasteiger partial charge in [0, 0.05) is 46.8 Å². The van der Waals surface area contributed by atoms with Gasteiger partial charge in [0.05, 0.1) is 12.2 Å². The molecule has 12 heteroatoms. The van der Waals surface area contributed by atoms with Gasteiger partial charge in [-0.25, -0.2) is 19.0 Å². The van der Waals surface area contributed by atoms with E-state index >= 15 is 0 Å². The molecule has 0 bridgehead atoms. The second kappa shape index (κ2) is 11.8. The molecule has 3 aliphatic heterocycles. The van der Waals surface area contributed by atoms with Gasteiger partial charge in [-0.15, -0.1) is 11.3 Å². The molecule has 1 unspecified atom stereocenters. The molecule has 1 spiro atoms. The van der Waals surface area contributed by atoms with Crippen molar-refractivity contribution in [3.05, 3.63) is 61.9 Å². The maximum atomic E-state index is 14.0. The lowest BCUT2D eigenvalue weighted by Gasteiger charge is -2.53. The minimum Gasteiger partial charge on any atom is -0.463 e. The Hall–Kier alpha value is -2.83. The third-order valence-corrected chi connectivity index (χ3v) is 8.98. The van der Waals surface area contributed by atoms with Crippen molar-refractivity contribution in [2.45, 2.75) is 52.2 Å². The van der Waals surface area contributed by atoms with Crippen molar-refractivity contribution >= 4 is 45.2 Å². The zero-order chi connectivity index (χ0) is 29.4. The Bertz CT molecular complexity index is 1360. The predicted molar refractivity (Wildman–Crippen MR) is 158 cm³/mol. The van der Waals surface area contributed by atoms with Gasteiger partial charge < -0.3 is 19.7 Å². The molecule has 1 N–H and O–H groups in total. The Kier molecular flexibility index (Phi) is 8.54. The molecule has 41 heavy (non-hydrogen) atoms. The van der Waals surface area contributed by atoms with Gasteiger partial charge >= 0.3 is 12.1 Å². The number of carbonyl (C=O) groups is 2. The summed E-state index contributed by atoms with van der Waals surface area (Å²) < 4.78 is 25.5. The van der Waals surface area contributed by atoms with Crippen LogP contribution >= 0.6 is 27.3 Å². The van der Waals surface area contributed by atoms with Crippen molar-refractivity contribution < 1.29 is 23.5 Å². The number of amidine groups is 1. The highest BCUT2D eigenvalue weighted by atomic mass is 79.9. The lowest BCUT2D eigenvalue weighted by molar-refractivity contribution is -0.139. The molecule has 1 aromatic heterocycles. The predicted octanol–water partition coefficient (Wildman–Crippen LogP) is 5.29. The summed E-state index contributed by atoms with van der Waals surface area (Å²) in [4.78, 5) is 39.3. The van der Waals surface area contributed by atoms with Crippen LogP contribution in [0.2, 0.25) is 0 Å². The van der Waals surface area contributed by atoms with Gasteiger partial charge in [0.25, 0.3) is 0 Å². The number of benzene rings is 1. The SMILES string of the molecule is CCOC(=O)C1=C(CN2CCC3(CC2)CN(C(=O)OC(C)(C)C)C3)NC(c2nccs2)=NC1c1ccc(F)cc1Br. The van der Waals surface area contributed by atoms with Crippen LogP contribution in [0.1, 0.15) is 57.1 Å². The van der Waals surface area contributed by atoms with E-state index in [1.54, 1.807) is 24.1 Å². The number of aliphatic imine (C=N–C) groups is 1. The van der Waals surface area contributed by atoms with Crippen molar-refractivity contribution in [3.63, 3.8) is 0 Å². The number of amides is 1. The molecule has 3 aliphatic rings. The van der Waals surface area contributed by atoms with Crippen molar-refractivity contribution in [3.8, 4) is 0 Å². The number of piperidine rings is 1. The van der Waals surface area contributed by atoms with Crippen LogP contribution in [-0.2, 0) is 14.3 Å². The quantitative estimate of drug-likeness (QED) is 0.426. The van der Waals surface area contributed by atoms with Crippen LogP contribution in [0.4, 0.5) is 9.18 Å². The van der Waals surface area contributed by atoms with E-state index in [-0.39, 0.29) is 23.9 Å². The van der Waals surface area contributed by atoms with Crippen molar-refractivity contribution in [2.24, 2.45) is 10.4 Å². The molecule has 2 saturated heterocycles. The second-order valence-electron chi connectivity index (χ2n) is 11.7. The number of nitrogens with zero attached hydrogens (tertiary/aromatic N) is 4. The number of nitrogens with one attached hydrogen (secondary N) is 1. The molecule has 1 aromatic carbocycles. The molecule has 1 amide bonds. The first-order valence-corrected chi connectivity index (χ1v) is 15.4. The van der Waals surface area contributed by atoms with E-state index < -0.39 is 17.6 Å². The minimum absolute atomic E-state index is 0.0980. The van der Waals surface area contributed by atoms with Crippen molar-refractivity contribution in [1.82, 2.24) is 20.1 Å². The number of ether oxygens (including phenoxy) is 2. The number of hydrogen-bond donors (Lipinski definition) is 1. The first kappa shape index (κ1) is 29.7. The van der Waals surface area contributed by atoms with Crippen molar-refractivity contribution in [2.75, 3.05) is 39.3 Å². The zero-order valence-electron chi connectivity index (χ0n) is 23.7. The highest BCUT2D eigenvalue weighted by Crippen LogP contribution is 2.42. The highest BCUT2D eigenvalue weighted by molar-refractivity contribution is 9.10. The number of hydrogen-bond acceptors (Lipinski definition) is 9. The first-order valence-electron chi connectivity index (χ1n) is 13.8. The van der Waals surface area contributed by atoms with Crippen LogP contribution in [0, 0.1) is 11.2 Å². The van der Waals surface area contributed by atoms with E-state index in [1.165, 1.54) is 23.5 Å². The lowest BCUT2D eigenvalue weighted by atomic mass is 9.72. The van der Waals surface area contributed by atoms with E-state index in [1.807, 2.05) is 26.2 Å². The molecule has 9 nitrogen and oxygen atoms in total. The highest BCUT2D eigenvalue weighted by Gasteiger charge is 2.48. The second-order valence-corrected chi connectivity index (χ2v) is 13.5. The largest absolute Gasteiger partial charge is 0.463 e. The van der Waals surface area contributed by atoms with E-state index in [2.05, 4.69) is 31.1 Å². The van der Waals surface area contributed by atoms with Gasteiger partial charge in [-0.2, -0.15) is 0 Å². The fourth-order valence-corrected chi connectivity index (χ4v) is 6.67. The van der Waals surface area contributed by atoms with Crippen LogP contribution in [0.25, 0.3) is 0 Å². The number of rotatable bonds is 6. The molecule has 4 heterocycles. The summed E-state index contributed by atoms with van der Waals surface area (Å²) in [5.41, 5.74) is 1.35. The molecule has 0 saturated carbocycles. The summed E-state index contributed by atoms with van der Waals surface area (Å²) in [6.07, 6.45) is 3.33. The van der Waals surface area contributed by atoms with Gasteiger partial charge in [-0.1, -0.05) is 22.0 Å². The Morgan fingerprint density at radius 2 is 1.98 bits per heavy atom. The van der Waals surface area contributed by atoms with Gasteiger partial charge in [0.2, 0.25) is 0 Å². The summed E-state index contributed by atoms with van der Waals surface area (Å²) in [6.45, 7) is 11.1. The summed E-state index contributed by atoms with van der Waals surface area (Å²) in [7, 11) is 0. The van der Waals surface area contributed by atoms with Gasteiger partial charge in [-0.3, -0.25) is 9.89 Å². The first-order chi connectivity index (χ1) is 19.5. The average molecular weight is 649 g/mol. The molecule has 1 atom stereocenters. The summed E-state index contributed by atoms with van der Waals surface area (Å²) in [5, 5.41) is 5.96. The van der Waals surface area contributed by atoms with Crippen LogP contribution in [0.5, 0.6) is 0 Å². The Morgan fingerprint density at radius 1 is 1.24 bits per heavy atom. The fraction of sp³-hybridized carbons (Fsp3) is 0.517. The van der Waals surface area contributed by atoms with Crippen LogP contribution in [0.3, 0.4) is 0 Å². The topological polar surface area (TPSA) is 96.4 Å². The zero-order valence-corrected chi connectivity index (χ0v) is 26.1. The number of thiazole rings is 1. The smallest absolute Gasteiger partial charge is 0.410 e. The maximum absolute atomic E-state index is 14.0. The van der Waals surface area contributed by atoms with E-state index in [0.29, 0.717) is 51.8 Å². The van der Waals surface area contributed by atoms with E-state index in [4.69, 9.17) is 14.5 Å². The molecule has 0 aliphatic carbocycles. The van der Waals surface area contributed by atoms with Crippen LogP contribution < -0.4 is 5.32 Å². The summed E-state index contributed by atoms with van der Waals surface area (Å²) in [6, 6.07) is 3.69. The van der Waals surface area contributed by atoms with E-state index in [9.17, 15) is 14.0 Å². The average Bonchev–Trinajstić information content (AvgIpc) is 3.42. The number of carbonyl (C=O) groups excluding carboxylic acids is 2. The maximum Gasteiger partial charge on any atom is 0.410 e. The molecular formula is C29H35BrFN5O4S. The molecule has 2 fully saturated rings. The standard InChI is InChI=1S/C29H35BrFN5O4S/c1-5-39-26(37)22-21(15-35-11-8-29(9-12-35)16-36(17-29)27(38)40-28(2,3)4)33-24(25-32-10-13-41-25)34-23(22)19-7-6-18(31)14-20(19)30/h6-7,10,13-14,23H,5,8-9,11-12,15-17H2,1-4H3,(H,33,34). The normalized spacial score (nSPS) is 20.8. The van der Waals surface area contributed by atoms with Crippen LogP contribution in [-0.4, -0.2) is 77.6 Å². The van der Waals surface area contributed by atoms with Crippen LogP contribution in [0.15, 0.2) is 50.5 Å². The molecule has 0 radical (unpaired) electrons. The van der Waals surface area contributed by atoms with Gasteiger partial charge in [0.1, 0.15) is 17.5 Å². The molecule has 220 valence electrons. The third-order valence-electron chi connectivity index (χ3n) is 7.52. The number of halogens is 2. The fourth-order valence-electron chi connectivity index (χ4n) is 5.51. The van der Waals surface area contributed by atoms with E-state index in [0.717, 1.165) is 25.9 Å². The number of esters is 1. The van der Waals surface area contributed by atoms with Crippen molar-refractivity contribution in [1.29, 1.82) is 0 Å². The minimum atomic E-state index is -0.704. The molecular weight excluding hydrogens is 613 g/mol.